The van der Waals surface area contributed by atoms with Gasteiger partial charge in [-0.2, -0.15) is 0 Å². The van der Waals surface area contributed by atoms with Crippen LogP contribution in [0.25, 0.3) is 0 Å². The van der Waals surface area contributed by atoms with E-state index < -0.39 is 0 Å². The predicted octanol–water partition coefficient (Wildman–Crippen LogP) is 7.66. The van der Waals surface area contributed by atoms with Crippen LogP contribution in [0, 0.1) is 17.3 Å². The molecule has 0 amide bonds. The maximum atomic E-state index is 6.20. The molecule has 0 spiro atoms. The number of hydrogen-bond donors (Lipinski definition) is 1. The summed E-state index contributed by atoms with van der Waals surface area (Å²) in [5.41, 5.74) is 5.56. The highest BCUT2D eigenvalue weighted by Crippen LogP contribution is 2.66. The Labute approximate surface area is 194 Å². The molecule has 1 N–H and O–H groups in total. The van der Waals surface area contributed by atoms with Crippen molar-refractivity contribution in [2.75, 3.05) is 6.54 Å². The van der Waals surface area contributed by atoms with Gasteiger partial charge in [-0.25, -0.2) is 0 Å². The number of halogens is 1. The number of rotatable bonds is 6. The van der Waals surface area contributed by atoms with Gasteiger partial charge in [0.15, 0.2) is 0 Å². The van der Waals surface area contributed by atoms with Crippen molar-refractivity contribution < 1.29 is 0 Å². The first-order valence-electron chi connectivity index (χ1n) is 12.3. The number of benzene rings is 2. The van der Waals surface area contributed by atoms with Crippen LogP contribution < -0.4 is 5.32 Å². The minimum Gasteiger partial charge on any atom is -0.313 e. The molecule has 31 heavy (non-hydrogen) atoms. The van der Waals surface area contributed by atoms with Gasteiger partial charge in [0.1, 0.15) is 0 Å². The summed E-state index contributed by atoms with van der Waals surface area (Å²) < 4.78 is 0. The van der Waals surface area contributed by atoms with Crippen molar-refractivity contribution in [2.45, 2.75) is 83.1 Å². The van der Waals surface area contributed by atoms with Gasteiger partial charge in [0.25, 0.3) is 0 Å². The summed E-state index contributed by atoms with van der Waals surface area (Å²) >= 11 is 6.20. The first kappa shape index (κ1) is 21.5. The third kappa shape index (κ3) is 4.33. The molecule has 1 nitrogen and oxygen atoms in total. The topological polar surface area (TPSA) is 12.0 Å². The van der Waals surface area contributed by atoms with Gasteiger partial charge < -0.3 is 5.32 Å². The molecule has 4 aliphatic carbocycles. The molecule has 4 fully saturated rings. The molecule has 2 atom stereocenters. The van der Waals surface area contributed by atoms with Crippen LogP contribution in [0.2, 0.25) is 5.02 Å². The van der Waals surface area contributed by atoms with Crippen LogP contribution in [0.3, 0.4) is 0 Å². The van der Waals surface area contributed by atoms with Gasteiger partial charge in [0.05, 0.1) is 0 Å². The summed E-state index contributed by atoms with van der Waals surface area (Å²) in [6, 6.07) is 18.0. The van der Waals surface area contributed by atoms with E-state index in [0.717, 1.165) is 29.9 Å². The zero-order chi connectivity index (χ0) is 21.7. The van der Waals surface area contributed by atoms with E-state index in [-0.39, 0.29) is 5.41 Å². The first-order chi connectivity index (χ1) is 14.8. The molecule has 0 aromatic heterocycles. The summed E-state index contributed by atoms with van der Waals surface area (Å²) in [6.07, 6.45) is 9.92. The molecule has 0 aliphatic heterocycles. The Balaban J connectivity index is 1.22. The lowest BCUT2D eigenvalue weighted by atomic mass is 9.42. The van der Waals surface area contributed by atoms with E-state index in [4.69, 9.17) is 11.6 Å². The highest BCUT2D eigenvalue weighted by atomic mass is 35.5. The molecule has 4 saturated carbocycles. The van der Waals surface area contributed by atoms with Crippen molar-refractivity contribution in [1.29, 1.82) is 0 Å². The summed E-state index contributed by atoms with van der Waals surface area (Å²) in [5.74, 6) is 1.86. The van der Waals surface area contributed by atoms with Gasteiger partial charge >= 0.3 is 0 Å². The third-order valence-corrected chi connectivity index (χ3v) is 8.87. The third-order valence-electron chi connectivity index (χ3n) is 8.62. The second-order valence-electron chi connectivity index (χ2n) is 12.1. The largest absolute Gasteiger partial charge is 0.313 e. The average Bonchev–Trinajstić information content (AvgIpc) is 2.70. The molecular formula is C29H38ClN. The number of nitrogens with one attached hydrogen (secondary N) is 1. The SMILES string of the molecule is CC(C)(C)c1ccc(CNCCC23CC4CC(C2)CC(c2ccc(Cl)cc2)(C4)C3)cc1. The van der Waals surface area contributed by atoms with Crippen molar-refractivity contribution in [3.05, 3.63) is 70.2 Å². The van der Waals surface area contributed by atoms with Crippen LogP contribution in [0.15, 0.2) is 48.5 Å². The fourth-order valence-corrected chi connectivity index (χ4v) is 7.72. The van der Waals surface area contributed by atoms with E-state index in [2.05, 4.69) is 74.6 Å². The van der Waals surface area contributed by atoms with E-state index >= 15 is 0 Å². The van der Waals surface area contributed by atoms with Crippen LogP contribution in [0.1, 0.15) is 82.4 Å². The molecule has 6 rings (SSSR count). The van der Waals surface area contributed by atoms with E-state index in [1.54, 1.807) is 5.56 Å². The lowest BCUT2D eigenvalue weighted by Gasteiger charge is -2.63. The normalized spacial score (nSPS) is 31.9. The fraction of sp³-hybridized carbons (Fsp3) is 0.586. The highest BCUT2D eigenvalue weighted by Gasteiger charge is 2.57. The van der Waals surface area contributed by atoms with E-state index in [1.165, 1.54) is 56.1 Å². The Bertz CT molecular complexity index is 891. The van der Waals surface area contributed by atoms with Crippen LogP contribution >= 0.6 is 11.6 Å². The standard InChI is InChI=1S/C29H38ClN/c1-27(2,3)24-6-4-21(5-7-24)19-31-13-12-28-15-22-14-23(16-28)18-29(17-22,20-28)25-8-10-26(30)11-9-25/h4-11,22-23,31H,12-20H2,1-3H3. The first-order valence-corrected chi connectivity index (χ1v) is 12.7. The quantitative estimate of drug-likeness (QED) is 0.459. The van der Waals surface area contributed by atoms with Gasteiger partial charge in [-0.05, 0) is 108 Å². The molecule has 4 aliphatic rings. The van der Waals surface area contributed by atoms with Crippen LogP contribution in [-0.4, -0.2) is 6.54 Å². The molecule has 166 valence electrons. The van der Waals surface area contributed by atoms with Crippen molar-refractivity contribution in [3.8, 4) is 0 Å². The van der Waals surface area contributed by atoms with Crippen molar-refractivity contribution in [1.82, 2.24) is 5.32 Å². The van der Waals surface area contributed by atoms with Crippen LogP contribution in [0.5, 0.6) is 0 Å². The zero-order valence-corrected chi connectivity index (χ0v) is 20.3. The van der Waals surface area contributed by atoms with Gasteiger partial charge in [-0.3, -0.25) is 0 Å². The molecule has 4 bridgehead atoms. The number of hydrogen-bond acceptors (Lipinski definition) is 1. The fourth-order valence-electron chi connectivity index (χ4n) is 7.59. The van der Waals surface area contributed by atoms with E-state index in [1.807, 2.05) is 0 Å². The highest BCUT2D eigenvalue weighted by molar-refractivity contribution is 6.30. The lowest BCUT2D eigenvalue weighted by molar-refractivity contribution is -0.0757. The second-order valence-corrected chi connectivity index (χ2v) is 12.6. The molecule has 0 saturated heterocycles. The monoisotopic (exact) mass is 435 g/mol. The van der Waals surface area contributed by atoms with Crippen molar-refractivity contribution in [2.24, 2.45) is 17.3 Å². The van der Waals surface area contributed by atoms with Crippen molar-refractivity contribution in [3.63, 3.8) is 0 Å². The Morgan fingerprint density at radius 1 is 0.903 bits per heavy atom. The molecule has 2 unspecified atom stereocenters. The van der Waals surface area contributed by atoms with Gasteiger partial charge in [-0.1, -0.05) is 68.8 Å². The summed E-state index contributed by atoms with van der Waals surface area (Å²) in [4.78, 5) is 0. The summed E-state index contributed by atoms with van der Waals surface area (Å²) in [5, 5.41) is 4.64. The smallest absolute Gasteiger partial charge is 0.0406 e. The Morgan fingerprint density at radius 2 is 1.55 bits per heavy atom. The molecule has 0 radical (unpaired) electrons. The minimum atomic E-state index is 0.227. The van der Waals surface area contributed by atoms with Gasteiger partial charge in [-0.15, -0.1) is 0 Å². The molecular weight excluding hydrogens is 398 g/mol. The summed E-state index contributed by atoms with van der Waals surface area (Å²) in [6.45, 7) is 8.96. The van der Waals surface area contributed by atoms with Gasteiger partial charge in [0, 0.05) is 11.6 Å². The molecule has 2 heteroatoms. The Kier molecular flexibility index (Phi) is 5.50. The zero-order valence-electron chi connectivity index (χ0n) is 19.5. The Hall–Kier alpha value is -1.31. The van der Waals surface area contributed by atoms with E-state index in [9.17, 15) is 0 Å². The van der Waals surface area contributed by atoms with Crippen LogP contribution in [-0.2, 0) is 17.4 Å². The van der Waals surface area contributed by atoms with Gasteiger partial charge in [0.2, 0.25) is 0 Å². The maximum Gasteiger partial charge on any atom is 0.0406 e. The maximum absolute atomic E-state index is 6.20. The molecule has 0 heterocycles. The summed E-state index contributed by atoms with van der Waals surface area (Å²) in [7, 11) is 0. The average molecular weight is 436 g/mol. The Morgan fingerprint density at radius 3 is 2.16 bits per heavy atom. The minimum absolute atomic E-state index is 0.227. The van der Waals surface area contributed by atoms with E-state index in [0.29, 0.717) is 10.8 Å². The van der Waals surface area contributed by atoms with Crippen LogP contribution in [0.4, 0.5) is 0 Å². The second kappa shape index (κ2) is 7.92. The lowest BCUT2D eigenvalue weighted by Crippen LogP contribution is -2.54. The molecule has 2 aromatic rings. The predicted molar refractivity (Wildman–Crippen MR) is 132 cm³/mol. The molecule has 2 aromatic carbocycles. The van der Waals surface area contributed by atoms with Crippen molar-refractivity contribution >= 4 is 11.6 Å².